The number of Topliss-reactive ketones (excluding diaryl/α,β-unsaturated/α-hetero) is 1. The van der Waals surface area contributed by atoms with Crippen LogP contribution in [0.1, 0.15) is 28.8 Å². The lowest BCUT2D eigenvalue weighted by Gasteiger charge is -2.08. The van der Waals surface area contributed by atoms with E-state index >= 15 is 0 Å². The summed E-state index contributed by atoms with van der Waals surface area (Å²) in [5.41, 5.74) is 1.97. The molecule has 19 heavy (non-hydrogen) atoms. The van der Waals surface area contributed by atoms with Crippen molar-refractivity contribution in [2.75, 3.05) is 33.5 Å². The van der Waals surface area contributed by atoms with Crippen molar-refractivity contribution in [1.29, 1.82) is 0 Å². The van der Waals surface area contributed by atoms with Gasteiger partial charge >= 0.3 is 0 Å². The minimum Gasteiger partial charge on any atom is -0.493 e. The molecule has 0 atom stereocenters. The van der Waals surface area contributed by atoms with Gasteiger partial charge in [-0.25, -0.2) is 0 Å². The zero-order chi connectivity index (χ0) is 13.5. The van der Waals surface area contributed by atoms with E-state index in [1.54, 1.807) is 7.11 Å². The van der Waals surface area contributed by atoms with Gasteiger partial charge in [0.05, 0.1) is 19.8 Å². The topological polar surface area (TPSA) is 44.8 Å². The summed E-state index contributed by atoms with van der Waals surface area (Å²) in [6.07, 6.45) is 2.32. The van der Waals surface area contributed by atoms with Gasteiger partial charge in [-0.05, 0) is 30.2 Å². The van der Waals surface area contributed by atoms with Crippen LogP contribution in [0.25, 0.3) is 0 Å². The van der Waals surface area contributed by atoms with E-state index < -0.39 is 0 Å². The average molecular weight is 264 g/mol. The van der Waals surface area contributed by atoms with Gasteiger partial charge in [0.15, 0.2) is 5.78 Å². The molecule has 1 aromatic carbocycles. The van der Waals surface area contributed by atoms with Crippen LogP contribution in [-0.2, 0) is 15.9 Å². The Morgan fingerprint density at radius 1 is 1.11 bits per heavy atom. The molecule has 0 radical (unpaired) electrons. The fourth-order valence-electron chi connectivity index (χ4n) is 2.12. The molecule has 0 spiro atoms. The van der Waals surface area contributed by atoms with Crippen LogP contribution in [0.3, 0.4) is 0 Å². The highest BCUT2D eigenvalue weighted by Crippen LogP contribution is 2.26. The number of rotatable bonds is 8. The maximum Gasteiger partial charge on any atom is 0.163 e. The van der Waals surface area contributed by atoms with Gasteiger partial charge in [0.2, 0.25) is 0 Å². The normalized spacial score (nSPS) is 13.6. The van der Waals surface area contributed by atoms with Crippen LogP contribution in [0, 0.1) is 0 Å². The number of aryl methyl sites for hydroxylation is 1. The highest BCUT2D eigenvalue weighted by molar-refractivity contribution is 6.00. The zero-order valence-corrected chi connectivity index (χ0v) is 11.3. The summed E-state index contributed by atoms with van der Waals surface area (Å²) < 4.78 is 15.9. The molecule has 4 nitrogen and oxygen atoms in total. The molecule has 0 aliphatic heterocycles. The molecule has 2 rings (SSSR count). The molecule has 0 saturated heterocycles. The van der Waals surface area contributed by atoms with Crippen LogP contribution in [0.5, 0.6) is 5.75 Å². The lowest BCUT2D eigenvalue weighted by molar-refractivity contribution is 0.0644. The predicted octanol–water partition coefficient (Wildman–Crippen LogP) is 2.25. The molecule has 0 unspecified atom stereocenters. The van der Waals surface area contributed by atoms with E-state index in [2.05, 4.69) is 0 Å². The van der Waals surface area contributed by atoms with Crippen LogP contribution in [0.4, 0.5) is 0 Å². The Balaban J connectivity index is 1.68. The number of carbonyl (C=O) groups is 1. The van der Waals surface area contributed by atoms with Gasteiger partial charge in [0, 0.05) is 32.1 Å². The molecule has 1 aliphatic rings. The quantitative estimate of drug-likeness (QED) is 0.675. The van der Waals surface area contributed by atoms with Crippen molar-refractivity contribution in [1.82, 2.24) is 0 Å². The summed E-state index contributed by atoms with van der Waals surface area (Å²) in [4.78, 5) is 11.5. The van der Waals surface area contributed by atoms with Crippen LogP contribution in [0.15, 0.2) is 18.2 Å². The monoisotopic (exact) mass is 264 g/mol. The lowest BCUT2D eigenvalue weighted by Crippen LogP contribution is -2.06. The Morgan fingerprint density at radius 2 is 2.00 bits per heavy atom. The molecule has 104 valence electrons. The SMILES string of the molecule is COCCOCCCOc1ccc2c(c1)CCC2=O. The van der Waals surface area contributed by atoms with Crippen molar-refractivity contribution in [3.63, 3.8) is 0 Å². The number of fused-ring (bicyclic) bond motifs is 1. The van der Waals surface area contributed by atoms with E-state index in [0.29, 0.717) is 32.8 Å². The number of hydrogen-bond donors (Lipinski definition) is 0. The van der Waals surface area contributed by atoms with Crippen molar-refractivity contribution >= 4 is 5.78 Å². The molecule has 0 fully saturated rings. The summed E-state index contributed by atoms with van der Waals surface area (Å²) in [5.74, 6) is 1.08. The number of ether oxygens (including phenoxy) is 3. The first-order valence-corrected chi connectivity index (χ1v) is 6.67. The number of methoxy groups -OCH3 is 1. The van der Waals surface area contributed by atoms with Crippen molar-refractivity contribution in [2.24, 2.45) is 0 Å². The third-order valence-corrected chi connectivity index (χ3v) is 3.13. The van der Waals surface area contributed by atoms with Gasteiger partial charge in [-0.15, -0.1) is 0 Å². The molecule has 1 aromatic rings. The van der Waals surface area contributed by atoms with Gasteiger partial charge in [0.25, 0.3) is 0 Å². The Labute approximate surface area is 113 Å². The van der Waals surface area contributed by atoms with E-state index in [9.17, 15) is 4.79 Å². The molecule has 0 N–H and O–H groups in total. The number of hydrogen-bond acceptors (Lipinski definition) is 4. The summed E-state index contributed by atoms with van der Waals surface area (Å²) in [6, 6.07) is 5.72. The van der Waals surface area contributed by atoms with E-state index in [-0.39, 0.29) is 5.78 Å². The smallest absolute Gasteiger partial charge is 0.163 e. The summed E-state index contributed by atoms with van der Waals surface area (Å²) in [5, 5.41) is 0. The summed E-state index contributed by atoms with van der Waals surface area (Å²) >= 11 is 0. The van der Waals surface area contributed by atoms with Gasteiger partial charge in [-0.3, -0.25) is 4.79 Å². The van der Waals surface area contributed by atoms with E-state index in [1.165, 1.54) is 0 Å². The largest absolute Gasteiger partial charge is 0.493 e. The first kappa shape index (κ1) is 14.0. The third-order valence-electron chi connectivity index (χ3n) is 3.13. The van der Waals surface area contributed by atoms with Crippen molar-refractivity contribution in [2.45, 2.75) is 19.3 Å². The minimum absolute atomic E-state index is 0.244. The maximum absolute atomic E-state index is 11.5. The average Bonchev–Trinajstić information content (AvgIpc) is 2.79. The van der Waals surface area contributed by atoms with Crippen molar-refractivity contribution < 1.29 is 19.0 Å². The second-order valence-electron chi connectivity index (χ2n) is 4.55. The van der Waals surface area contributed by atoms with Gasteiger partial charge in [-0.1, -0.05) is 0 Å². The second-order valence-corrected chi connectivity index (χ2v) is 4.55. The Hall–Kier alpha value is -1.39. The highest BCUT2D eigenvalue weighted by Gasteiger charge is 2.19. The second kappa shape index (κ2) is 7.26. The van der Waals surface area contributed by atoms with Gasteiger partial charge < -0.3 is 14.2 Å². The maximum atomic E-state index is 11.5. The van der Waals surface area contributed by atoms with Crippen molar-refractivity contribution in [3.05, 3.63) is 29.3 Å². The first-order valence-electron chi connectivity index (χ1n) is 6.67. The Kier molecular flexibility index (Phi) is 5.36. The molecule has 0 bridgehead atoms. The minimum atomic E-state index is 0.244. The molecule has 0 aromatic heterocycles. The molecule has 4 heteroatoms. The molecular weight excluding hydrogens is 244 g/mol. The van der Waals surface area contributed by atoms with Gasteiger partial charge in [-0.2, -0.15) is 0 Å². The summed E-state index contributed by atoms with van der Waals surface area (Å²) in [7, 11) is 1.66. The Bertz CT molecular complexity index is 428. The molecule has 1 aliphatic carbocycles. The van der Waals surface area contributed by atoms with Crippen LogP contribution in [0.2, 0.25) is 0 Å². The number of carbonyl (C=O) groups excluding carboxylic acids is 1. The summed E-state index contributed by atoms with van der Waals surface area (Å²) in [6.45, 7) is 2.55. The van der Waals surface area contributed by atoms with Crippen LogP contribution >= 0.6 is 0 Å². The van der Waals surface area contributed by atoms with Crippen LogP contribution < -0.4 is 4.74 Å². The van der Waals surface area contributed by atoms with E-state index in [4.69, 9.17) is 14.2 Å². The molecule has 0 amide bonds. The fraction of sp³-hybridized carbons (Fsp3) is 0.533. The standard InChI is InChI=1S/C15H20O4/c1-17-9-10-18-7-2-8-19-13-4-5-14-12(11-13)3-6-15(14)16/h4-5,11H,2-3,6-10H2,1H3. The molecule has 0 saturated carbocycles. The van der Waals surface area contributed by atoms with E-state index in [0.717, 1.165) is 29.7 Å². The highest BCUT2D eigenvalue weighted by atomic mass is 16.5. The zero-order valence-electron chi connectivity index (χ0n) is 11.3. The van der Waals surface area contributed by atoms with Crippen molar-refractivity contribution in [3.8, 4) is 5.75 Å². The number of ketones is 1. The molecule has 0 heterocycles. The van der Waals surface area contributed by atoms with Gasteiger partial charge in [0.1, 0.15) is 5.75 Å². The first-order chi connectivity index (χ1) is 9.31. The number of benzene rings is 1. The lowest BCUT2D eigenvalue weighted by atomic mass is 10.1. The predicted molar refractivity (Wildman–Crippen MR) is 71.9 cm³/mol. The van der Waals surface area contributed by atoms with E-state index in [1.807, 2.05) is 18.2 Å². The fourth-order valence-corrected chi connectivity index (χ4v) is 2.12. The molecular formula is C15H20O4. The third kappa shape index (κ3) is 4.04. The Morgan fingerprint density at radius 3 is 2.84 bits per heavy atom. The van der Waals surface area contributed by atoms with Crippen LogP contribution in [-0.4, -0.2) is 39.3 Å².